The summed E-state index contributed by atoms with van der Waals surface area (Å²) in [6.45, 7) is 12.3. The van der Waals surface area contributed by atoms with Crippen LogP contribution in [0.2, 0.25) is 0 Å². The smallest absolute Gasteiger partial charge is 0.0371 e. The molecule has 1 aromatic carbocycles. The zero-order chi connectivity index (χ0) is 15.2. The first-order chi connectivity index (χ1) is 10.1. The van der Waals surface area contributed by atoms with Gasteiger partial charge < -0.3 is 10.2 Å². The molecule has 0 heterocycles. The van der Waals surface area contributed by atoms with Gasteiger partial charge in [-0.05, 0) is 55.5 Å². The lowest BCUT2D eigenvalue weighted by Gasteiger charge is -2.33. The molecule has 1 fully saturated rings. The molecule has 0 unspecified atom stereocenters. The van der Waals surface area contributed by atoms with Gasteiger partial charge in [0.2, 0.25) is 0 Å². The van der Waals surface area contributed by atoms with E-state index < -0.39 is 0 Å². The minimum Gasteiger partial charge on any atom is -0.368 e. The van der Waals surface area contributed by atoms with Gasteiger partial charge in [-0.25, -0.2) is 0 Å². The highest BCUT2D eigenvalue weighted by Crippen LogP contribution is 2.30. The molecule has 0 atom stereocenters. The highest BCUT2D eigenvalue weighted by molar-refractivity contribution is 5.52. The number of hydrogen-bond donors (Lipinski definition) is 1. The summed E-state index contributed by atoms with van der Waals surface area (Å²) in [4.78, 5) is 2.67. The zero-order valence-electron chi connectivity index (χ0n) is 14.3. The molecule has 118 valence electrons. The molecule has 0 aliphatic heterocycles. The molecule has 0 spiro atoms. The summed E-state index contributed by atoms with van der Waals surface area (Å²) in [6, 6.07) is 7.80. The van der Waals surface area contributed by atoms with Crippen LogP contribution in [0.4, 0.5) is 5.69 Å². The van der Waals surface area contributed by atoms with Gasteiger partial charge in [0.15, 0.2) is 0 Å². The van der Waals surface area contributed by atoms with Gasteiger partial charge in [0.1, 0.15) is 0 Å². The van der Waals surface area contributed by atoms with Gasteiger partial charge in [-0.2, -0.15) is 0 Å². The average molecular weight is 288 g/mol. The minimum absolute atomic E-state index is 0.715. The number of nitrogens with one attached hydrogen (secondary N) is 1. The Kier molecular flexibility index (Phi) is 6.10. The van der Waals surface area contributed by atoms with E-state index in [1.807, 2.05) is 0 Å². The predicted octanol–water partition coefficient (Wildman–Crippen LogP) is 4.51. The highest BCUT2D eigenvalue weighted by atomic mass is 15.2. The number of aryl methyl sites for hydroxylation is 1. The van der Waals surface area contributed by atoms with Crippen LogP contribution in [0.15, 0.2) is 18.2 Å². The first-order valence-corrected chi connectivity index (χ1v) is 8.68. The molecular formula is C19H32N2. The van der Waals surface area contributed by atoms with Gasteiger partial charge in [0, 0.05) is 24.8 Å². The maximum Gasteiger partial charge on any atom is 0.0371 e. The van der Waals surface area contributed by atoms with Crippen LogP contribution in [-0.2, 0) is 6.54 Å². The molecule has 0 radical (unpaired) electrons. The van der Waals surface area contributed by atoms with Crippen LogP contribution >= 0.6 is 0 Å². The summed E-state index contributed by atoms with van der Waals surface area (Å²) < 4.78 is 0. The van der Waals surface area contributed by atoms with E-state index in [9.17, 15) is 0 Å². The Morgan fingerprint density at radius 1 is 1.24 bits per heavy atom. The second-order valence-corrected chi connectivity index (χ2v) is 6.88. The largest absolute Gasteiger partial charge is 0.368 e. The Morgan fingerprint density at radius 3 is 2.52 bits per heavy atom. The van der Waals surface area contributed by atoms with Gasteiger partial charge in [-0.1, -0.05) is 39.7 Å². The number of rotatable bonds is 7. The van der Waals surface area contributed by atoms with Gasteiger partial charge in [-0.15, -0.1) is 0 Å². The SMILES string of the molecule is CCNCc1ccc(N(CC(C)C)C2CCCC2)cc1C. The number of hydrogen-bond acceptors (Lipinski definition) is 2. The quantitative estimate of drug-likeness (QED) is 0.794. The molecule has 21 heavy (non-hydrogen) atoms. The van der Waals surface area contributed by atoms with Crippen molar-refractivity contribution in [1.29, 1.82) is 0 Å². The molecule has 0 bridgehead atoms. The molecule has 1 saturated carbocycles. The van der Waals surface area contributed by atoms with Gasteiger partial charge in [-0.3, -0.25) is 0 Å². The topological polar surface area (TPSA) is 15.3 Å². The Balaban J connectivity index is 2.16. The van der Waals surface area contributed by atoms with Gasteiger partial charge in [0.05, 0.1) is 0 Å². The Morgan fingerprint density at radius 2 is 1.95 bits per heavy atom. The average Bonchev–Trinajstić information content (AvgIpc) is 2.97. The molecule has 2 nitrogen and oxygen atoms in total. The van der Waals surface area contributed by atoms with Crippen molar-refractivity contribution in [3.8, 4) is 0 Å². The van der Waals surface area contributed by atoms with E-state index in [4.69, 9.17) is 0 Å². The van der Waals surface area contributed by atoms with Crippen molar-refractivity contribution < 1.29 is 0 Å². The second kappa shape index (κ2) is 7.84. The molecule has 0 saturated heterocycles. The van der Waals surface area contributed by atoms with E-state index in [0.717, 1.165) is 19.1 Å². The molecular weight excluding hydrogens is 256 g/mol. The molecule has 2 heteroatoms. The van der Waals surface area contributed by atoms with Crippen molar-refractivity contribution in [1.82, 2.24) is 5.32 Å². The molecule has 0 amide bonds. The summed E-state index contributed by atoms with van der Waals surface area (Å²) in [7, 11) is 0. The second-order valence-electron chi connectivity index (χ2n) is 6.88. The fourth-order valence-corrected chi connectivity index (χ4v) is 3.39. The Hall–Kier alpha value is -1.02. The fourth-order valence-electron chi connectivity index (χ4n) is 3.39. The molecule has 1 aromatic rings. The van der Waals surface area contributed by atoms with Crippen molar-refractivity contribution in [3.63, 3.8) is 0 Å². The van der Waals surface area contributed by atoms with Gasteiger partial charge in [0.25, 0.3) is 0 Å². The summed E-state index contributed by atoms with van der Waals surface area (Å²) >= 11 is 0. The molecule has 1 N–H and O–H groups in total. The maximum absolute atomic E-state index is 3.43. The summed E-state index contributed by atoms with van der Waals surface area (Å²) in [6.07, 6.45) is 5.53. The first-order valence-electron chi connectivity index (χ1n) is 8.68. The van der Waals surface area contributed by atoms with Crippen molar-refractivity contribution in [3.05, 3.63) is 29.3 Å². The zero-order valence-corrected chi connectivity index (χ0v) is 14.3. The van der Waals surface area contributed by atoms with Gasteiger partial charge >= 0.3 is 0 Å². The van der Waals surface area contributed by atoms with E-state index >= 15 is 0 Å². The third kappa shape index (κ3) is 4.47. The third-order valence-corrected chi connectivity index (χ3v) is 4.55. The summed E-state index contributed by atoms with van der Waals surface area (Å²) in [5.74, 6) is 0.715. The predicted molar refractivity (Wildman–Crippen MR) is 93.0 cm³/mol. The van der Waals surface area contributed by atoms with Crippen molar-refractivity contribution in [2.75, 3.05) is 18.0 Å². The lowest BCUT2D eigenvalue weighted by molar-refractivity contribution is 0.535. The minimum atomic E-state index is 0.715. The standard InChI is InChI=1S/C19H32N2/c1-5-20-13-17-10-11-19(12-16(17)4)21(14-15(2)3)18-8-6-7-9-18/h10-12,15,18,20H,5-9,13-14H2,1-4H3. The highest BCUT2D eigenvalue weighted by Gasteiger charge is 2.23. The lowest BCUT2D eigenvalue weighted by atomic mass is 10.0. The number of nitrogens with zero attached hydrogens (tertiary/aromatic N) is 1. The number of anilines is 1. The maximum atomic E-state index is 3.43. The molecule has 2 rings (SSSR count). The van der Waals surface area contributed by atoms with Crippen LogP contribution in [0.5, 0.6) is 0 Å². The number of benzene rings is 1. The van der Waals surface area contributed by atoms with Crippen LogP contribution in [0.25, 0.3) is 0 Å². The Labute approximate surface area is 130 Å². The molecule has 1 aliphatic rings. The van der Waals surface area contributed by atoms with E-state index in [2.05, 4.69) is 56.1 Å². The third-order valence-electron chi connectivity index (χ3n) is 4.55. The van der Waals surface area contributed by atoms with E-state index in [1.165, 1.54) is 49.0 Å². The van der Waals surface area contributed by atoms with Crippen LogP contribution in [-0.4, -0.2) is 19.1 Å². The summed E-state index contributed by atoms with van der Waals surface area (Å²) in [5.41, 5.74) is 4.27. The fraction of sp³-hybridized carbons (Fsp3) is 0.684. The van der Waals surface area contributed by atoms with Crippen LogP contribution in [0.1, 0.15) is 57.6 Å². The van der Waals surface area contributed by atoms with E-state index in [0.29, 0.717) is 5.92 Å². The Bertz CT molecular complexity index is 433. The van der Waals surface area contributed by atoms with Crippen molar-refractivity contribution in [2.45, 2.75) is 66.0 Å². The van der Waals surface area contributed by atoms with Crippen LogP contribution < -0.4 is 10.2 Å². The van der Waals surface area contributed by atoms with Crippen LogP contribution in [0.3, 0.4) is 0 Å². The van der Waals surface area contributed by atoms with E-state index in [-0.39, 0.29) is 0 Å². The summed E-state index contributed by atoms with van der Waals surface area (Å²) in [5, 5.41) is 3.43. The lowest BCUT2D eigenvalue weighted by Crippen LogP contribution is -2.36. The monoisotopic (exact) mass is 288 g/mol. The van der Waals surface area contributed by atoms with Crippen molar-refractivity contribution >= 4 is 5.69 Å². The molecule has 0 aromatic heterocycles. The van der Waals surface area contributed by atoms with E-state index in [1.54, 1.807) is 0 Å². The first kappa shape index (κ1) is 16.4. The molecule has 1 aliphatic carbocycles. The van der Waals surface area contributed by atoms with Crippen LogP contribution in [0, 0.1) is 12.8 Å². The van der Waals surface area contributed by atoms with Crippen molar-refractivity contribution in [2.24, 2.45) is 5.92 Å². The normalized spacial score (nSPS) is 15.9.